The molecule has 0 spiro atoms. The molecule has 0 unspecified atom stereocenters. The van der Waals surface area contributed by atoms with Gasteiger partial charge in [0.15, 0.2) is 0 Å². The van der Waals surface area contributed by atoms with Crippen molar-refractivity contribution in [1.29, 1.82) is 0 Å². The van der Waals surface area contributed by atoms with Crippen molar-refractivity contribution in [3.8, 4) is 0 Å². The molecule has 0 saturated carbocycles. The second-order valence-corrected chi connectivity index (χ2v) is 9.19. The molecule has 2 aromatic carbocycles. The number of halogens is 1. The van der Waals surface area contributed by atoms with E-state index < -0.39 is 10.0 Å². The van der Waals surface area contributed by atoms with Crippen LogP contribution in [0.15, 0.2) is 47.4 Å². The Morgan fingerprint density at radius 1 is 1.04 bits per heavy atom. The zero-order valence-electron chi connectivity index (χ0n) is 15.2. The molecule has 1 saturated heterocycles. The molecule has 1 aliphatic rings. The molecule has 0 aromatic heterocycles. The summed E-state index contributed by atoms with van der Waals surface area (Å²) in [5.41, 5.74) is 3.31. The lowest BCUT2D eigenvalue weighted by Crippen LogP contribution is -2.44. The van der Waals surface area contributed by atoms with Crippen LogP contribution in [0.4, 0.5) is 0 Å². The lowest BCUT2D eigenvalue weighted by molar-refractivity contribution is 0.200. The van der Waals surface area contributed by atoms with Gasteiger partial charge in [0.05, 0.1) is 4.90 Å². The van der Waals surface area contributed by atoms with Crippen LogP contribution in [0, 0.1) is 13.8 Å². The van der Waals surface area contributed by atoms with E-state index in [1.54, 1.807) is 12.1 Å². The summed E-state index contributed by atoms with van der Waals surface area (Å²) in [5.74, 6) is 0. The number of rotatable bonds is 5. The maximum Gasteiger partial charge on any atom is 0.240 e. The minimum absolute atomic E-state index is 0.0110. The SMILES string of the molecule is Cc1ccc(S(=O)(=O)NC2CCN(Cc3ccc(Cl)cc3)CC2)cc1C. The van der Waals surface area contributed by atoms with Crippen molar-refractivity contribution in [2.75, 3.05) is 13.1 Å². The lowest BCUT2D eigenvalue weighted by atomic mass is 10.1. The molecule has 0 amide bonds. The number of nitrogens with one attached hydrogen (secondary N) is 1. The van der Waals surface area contributed by atoms with Crippen LogP contribution in [0.3, 0.4) is 0 Å². The zero-order valence-corrected chi connectivity index (χ0v) is 16.8. The highest BCUT2D eigenvalue weighted by atomic mass is 35.5. The first-order valence-corrected chi connectivity index (χ1v) is 10.8. The topological polar surface area (TPSA) is 49.4 Å². The van der Waals surface area contributed by atoms with Crippen LogP contribution in [-0.4, -0.2) is 32.4 Å². The van der Waals surface area contributed by atoms with Crippen LogP contribution in [0.25, 0.3) is 0 Å². The molecule has 1 aliphatic heterocycles. The number of likely N-dealkylation sites (tertiary alicyclic amines) is 1. The van der Waals surface area contributed by atoms with Crippen molar-refractivity contribution < 1.29 is 8.42 Å². The van der Waals surface area contributed by atoms with E-state index in [1.165, 1.54) is 5.56 Å². The van der Waals surface area contributed by atoms with Gasteiger partial charge in [0.1, 0.15) is 0 Å². The lowest BCUT2D eigenvalue weighted by Gasteiger charge is -2.32. The third-order valence-corrected chi connectivity index (χ3v) is 6.79. The summed E-state index contributed by atoms with van der Waals surface area (Å²) in [5, 5.41) is 0.744. The molecule has 2 aromatic rings. The minimum atomic E-state index is -3.46. The van der Waals surface area contributed by atoms with Crippen molar-refractivity contribution in [2.24, 2.45) is 0 Å². The number of sulfonamides is 1. The van der Waals surface area contributed by atoms with Gasteiger partial charge in [-0.2, -0.15) is 0 Å². The van der Waals surface area contributed by atoms with Crippen LogP contribution < -0.4 is 4.72 Å². The normalized spacial score (nSPS) is 16.7. The van der Waals surface area contributed by atoms with E-state index in [9.17, 15) is 8.42 Å². The first kappa shape index (κ1) is 19.4. The molecule has 1 heterocycles. The molecule has 140 valence electrons. The second-order valence-electron chi connectivity index (χ2n) is 7.04. The summed E-state index contributed by atoms with van der Waals surface area (Å²) in [6.45, 7) is 6.54. The Labute approximate surface area is 161 Å². The fourth-order valence-corrected chi connectivity index (χ4v) is 4.74. The van der Waals surface area contributed by atoms with Gasteiger partial charge in [0, 0.05) is 30.7 Å². The predicted molar refractivity (Wildman–Crippen MR) is 106 cm³/mol. The van der Waals surface area contributed by atoms with E-state index >= 15 is 0 Å². The molecule has 0 atom stereocenters. The number of piperidine rings is 1. The van der Waals surface area contributed by atoms with Crippen LogP contribution >= 0.6 is 11.6 Å². The standard InChI is InChI=1S/C20H25ClN2O2S/c1-15-3-8-20(13-16(15)2)26(24,25)22-19-9-11-23(12-10-19)14-17-4-6-18(21)7-5-17/h3-8,13,19,22H,9-12,14H2,1-2H3. The summed E-state index contributed by atoms with van der Waals surface area (Å²) in [6, 6.07) is 13.2. The fraction of sp³-hybridized carbons (Fsp3) is 0.400. The predicted octanol–water partition coefficient (Wildman–Crippen LogP) is 3.90. The third-order valence-electron chi connectivity index (χ3n) is 5.02. The Kier molecular flexibility index (Phi) is 6.03. The first-order chi connectivity index (χ1) is 12.3. The monoisotopic (exact) mass is 392 g/mol. The van der Waals surface area contributed by atoms with Gasteiger partial charge >= 0.3 is 0 Å². The molecule has 3 rings (SSSR count). The quantitative estimate of drug-likeness (QED) is 0.839. The summed E-state index contributed by atoms with van der Waals surface area (Å²) >= 11 is 5.93. The highest BCUT2D eigenvalue weighted by molar-refractivity contribution is 7.89. The van der Waals surface area contributed by atoms with Gasteiger partial charge in [-0.1, -0.05) is 29.8 Å². The van der Waals surface area contributed by atoms with Gasteiger partial charge in [0.2, 0.25) is 10.0 Å². The molecule has 1 N–H and O–H groups in total. The van der Waals surface area contributed by atoms with Crippen molar-refractivity contribution in [2.45, 2.75) is 44.2 Å². The number of aryl methyl sites for hydroxylation is 2. The van der Waals surface area contributed by atoms with E-state index in [0.717, 1.165) is 48.6 Å². The average molecular weight is 393 g/mol. The molecule has 0 radical (unpaired) electrons. The number of hydrogen-bond donors (Lipinski definition) is 1. The number of benzene rings is 2. The van der Waals surface area contributed by atoms with E-state index in [1.807, 2.05) is 44.2 Å². The Morgan fingerprint density at radius 3 is 2.31 bits per heavy atom. The van der Waals surface area contributed by atoms with E-state index in [0.29, 0.717) is 4.90 Å². The molecular weight excluding hydrogens is 368 g/mol. The van der Waals surface area contributed by atoms with Crippen LogP contribution in [0.1, 0.15) is 29.5 Å². The Bertz CT molecular complexity index is 858. The Balaban J connectivity index is 1.56. The van der Waals surface area contributed by atoms with Crippen molar-refractivity contribution in [3.63, 3.8) is 0 Å². The maximum absolute atomic E-state index is 12.6. The smallest absolute Gasteiger partial charge is 0.240 e. The van der Waals surface area contributed by atoms with Crippen molar-refractivity contribution in [1.82, 2.24) is 9.62 Å². The molecule has 0 aliphatic carbocycles. The molecular formula is C20H25ClN2O2S. The van der Waals surface area contributed by atoms with Crippen LogP contribution in [0.5, 0.6) is 0 Å². The minimum Gasteiger partial charge on any atom is -0.299 e. The average Bonchev–Trinajstić information content (AvgIpc) is 2.61. The van der Waals surface area contributed by atoms with E-state index in [2.05, 4.69) is 9.62 Å². The van der Waals surface area contributed by atoms with Gasteiger partial charge in [-0.3, -0.25) is 4.90 Å². The van der Waals surface area contributed by atoms with Gasteiger partial charge in [-0.15, -0.1) is 0 Å². The van der Waals surface area contributed by atoms with Crippen LogP contribution in [-0.2, 0) is 16.6 Å². The molecule has 1 fully saturated rings. The number of hydrogen-bond acceptors (Lipinski definition) is 3. The molecule has 26 heavy (non-hydrogen) atoms. The largest absolute Gasteiger partial charge is 0.299 e. The summed E-state index contributed by atoms with van der Waals surface area (Å²) in [7, 11) is -3.46. The van der Waals surface area contributed by atoms with Gasteiger partial charge < -0.3 is 0 Å². The van der Waals surface area contributed by atoms with Gasteiger partial charge in [-0.05, 0) is 67.6 Å². The molecule has 6 heteroatoms. The molecule has 4 nitrogen and oxygen atoms in total. The second kappa shape index (κ2) is 8.09. The highest BCUT2D eigenvalue weighted by Crippen LogP contribution is 2.19. The van der Waals surface area contributed by atoms with Crippen LogP contribution in [0.2, 0.25) is 5.02 Å². The summed E-state index contributed by atoms with van der Waals surface area (Å²) in [4.78, 5) is 2.70. The zero-order chi connectivity index (χ0) is 18.7. The Hall–Kier alpha value is -1.40. The summed E-state index contributed by atoms with van der Waals surface area (Å²) < 4.78 is 28.1. The van der Waals surface area contributed by atoms with Crippen molar-refractivity contribution in [3.05, 3.63) is 64.2 Å². The summed E-state index contributed by atoms with van der Waals surface area (Å²) in [6.07, 6.45) is 1.63. The molecule has 0 bridgehead atoms. The van der Waals surface area contributed by atoms with Gasteiger partial charge in [-0.25, -0.2) is 13.1 Å². The third kappa shape index (κ3) is 4.86. The van der Waals surface area contributed by atoms with E-state index in [4.69, 9.17) is 11.6 Å². The first-order valence-electron chi connectivity index (χ1n) is 8.90. The van der Waals surface area contributed by atoms with E-state index in [-0.39, 0.29) is 6.04 Å². The fourth-order valence-electron chi connectivity index (χ4n) is 3.23. The van der Waals surface area contributed by atoms with Crippen molar-refractivity contribution >= 4 is 21.6 Å². The van der Waals surface area contributed by atoms with Gasteiger partial charge in [0.25, 0.3) is 0 Å². The maximum atomic E-state index is 12.6. The number of nitrogens with zero attached hydrogens (tertiary/aromatic N) is 1. The Morgan fingerprint density at radius 2 is 1.69 bits per heavy atom. The highest BCUT2D eigenvalue weighted by Gasteiger charge is 2.24.